The molecule has 116 valence electrons. The lowest BCUT2D eigenvalue weighted by atomic mass is 9.95. The summed E-state index contributed by atoms with van der Waals surface area (Å²) in [5.74, 6) is -0.329. The molecule has 1 aromatic carbocycles. The first-order valence-corrected chi connectivity index (χ1v) is 7.23. The van der Waals surface area contributed by atoms with Gasteiger partial charge < -0.3 is 19.3 Å². The van der Waals surface area contributed by atoms with Crippen LogP contribution in [0.1, 0.15) is 36.0 Å². The van der Waals surface area contributed by atoms with Crippen LogP contribution in [0, 0.1) is 0 Å². The zero-order chi connectivity index (χ0) is 15.4. The van der Waals surface area contributed by atoms with Crippen LogP contribution in [0.3, 0.4) is 0 Å². The van der Waals surface area contributed by atoms with Crippen LogP contribution in [0.5, 0.6) is 11.5 Å². The number of carboxylic acid groups (broad SMARTS) is 1. The summed E-state index contributed by atoms with van der Waals surface area (Å²) in [7, 11) is 3.16. The molecule has 0 aliphatic heterocycles. The van der Waals surface area contributed by atoms with Gasteiger partial charge in [-0.1, -0.05) is 11.6 Å². The van der Waals surface area contributed by atoms with Gasteiger partial charge in [-0.25, -0.2) is 4.79 Å². The molecule has 0 aromatic heterocycles. The van der Waals surface area contributed by atoms with Crippen molar-refractivity contribution >= 4 is 17.6 Å². The fraction of sp³-hybridized carbons (Fsp3) is 0.533. The highest BCUT2D eigenvalue weighted by Crippen LogP contribution is 2.38. The number of carboxylic acids is 1. The number of halogens is 1. The Morgan fingerprint density at radius 2 is 2.00 bits per heavy atom. The van der Waals surface area contributed by atoms with E-state index in [9.17, 15) is 4.79 Å². The predicted octanol–water partition coefficient (Wildman–Crippen LogP) is 3.38. The van der Waals surface area contributed by atoms with Gasteiger partial charge in [0.15, 0.2) is 11.5 Å². The molecule has 0 saturated heterocycles. The third-order valence-electron chi connectivity index (χ3n) is 3.67. The number of carbonyl (C=O) groups is 1. The summed E-state index contributed by atoms with van der Waals surface area (Å²) in [4.78, 5) is 11.0. The molecule has 1 aliphatic rings. The van der Waals surface area contributed by atoms with Gasteiger partial charge in [-0.15, -0.1) is 0 Å². The topological polar surface area (TPSA) is 65.0 Å². The van der Waals surface area contributed by atoms with E-state index >= 15 is 0 Å². The van der Waals surface area contributed by atoms with Crippen molar-refractivity contribution in [3.8, 4) is 11.5 Å². The minimum Gasteiger partial charge on any atom is -0.493 e. The summed E-state index contributed by atoms with van der Waals surface area (Å²) in [5.41, 5.74) is 0.0719. The highest BCUT2D eigenvalue weighted by Gasteiger charge is 2.25. The van der Waals surface area contributed by atoms with Gasteiger partial charge in [-0.2, -0.15) is 0 Å². The van der Waals surface area contributed by atoms with Crippen molar-refractivity contribution in [2.45, 2.75) is 37.9 Å². The maximum Gasteiger partial charge on any atom is 0.335 e. The van der Waals surface area contributed by atoms with E-state index in [0.29, 0.717) is 11.5 Å². The van der Waals surface area contributed by atoms with E-state index in [-0.39, 0.29) is 22.8 Å². The lowest BCUT2D eigenvalue weighted by molar-refractivity contribution is 0.0202. The Balaban J connectivity index is 2.21. The number of aromatic carboxylic acids is 1. The minimum absolute atomic E-state index is 0.00854. The SMILES string of the molecule is COc1cc(C(=O)O)cc(Cl)c1OC1CCCC(OC)C1. The molecule has 2 rings (SSSR count). The van der Waals surface area contributed by atoms with Crippen molar-refractivity contribution in [2.24, 2.45) is 0 Å². The average Bonchev–Trinajstić information content (AvgIpc) is 2.49. The maximum atomic E-state index is 11.0. The molecule has 0 spiro atoms. The van der Waals surface area contributed by atoms with Gasteiger partial charge in [0.25, 0.3) is 0 Å². The number of hydrogen-bond donors (Lipinski definition) is 1. The number of rotatable bonds is 5. The number of benzene rings is 1. The largest absolute Gasteiger partial charge is 0.493 e. The molecular formula is C15H19ClO5. The Labute approximate surface area is 128 Å². The Kier molecular flexibility index (Phi) is 5.31. The standard InChI is InChI=1S/C15H19ClO5/c1-19-10-4-3-5-11(8-10)21-14-12(16)6-9(15(17)18)7-13(14)20-2/h6-7,10-11H,3-5,8H2,1-2H3,(H,17,18). The second kappa shape index (κ2) is 7.00. The van der Waals surface area contributed by atoms with Crippen molar-refractivity contribution < 1.29 is 24.1 Å². The lowest BCUT2D eigenvalue weighted by Crippen LogP contribution is -2.29. The molecule has 1 aliphatic carbocycles. The maximum absolute atomic E-state index is 11.0. The van der Waals surface area contributed by atoms with Crippen molar-refractivity contribution in [1.29, 1.82) is 0 Å². The van der Waals surface area contributed by atoms with Crippen molar-refractivity contribution in [2.75, 3.05) is 14.2 Å². The van der Waals surface area contributed by atoms with Gasteiger partial charge in [0.05, 0.1) is 23.8 Å². The van der Waals surface area contributed by atoms with E-state index < -0.39 is 5.97 Å². The van der Waals surface area contributed by atoms with Gasteiger partial charge in [0, 0.05) is 13.5 Å². The third-order valence-corrected chi connectivity index (χ3v) is 3.95. The molecule has 1 fully saturated rings. The molecule has 0 heterocycles. The Morgan fingerprint density at radius 1 is 1.29 bits per heavy atom. The van der Waals surface area contributed by atoms with E-state index in [0.717, 1.165) is 25.7 Å². The van der Waals surface area contributed by atoms with Crippen LogP contribution >= 0.6 is 11.6 Å². The first-order chi connectivity index (χ1) is 10.0. The van der Waals surface area contributed by atoms with Crippen LogP contribution < -0.4 is 9.47 Å². The molecule has 1 saturated carbocycles. The highest BCUT2D eigenvalue weighted by atomic mass is 35.5. The fourth-order valence-corrected chi connectivity index (χ4v) is 2.80. The first kappa shape index (κ1) is 15.9. The molecule has 1 aromatic rings. The molecule has 5 nitrogen and oxygen atoms in total. The highest BCUT2D eigenvalue weighted by molar-refractivity contribution is 6.32. The second-order valence-corrected chi connectivity index (χ2v) is 5.47. The average molecular weight is 315 g/mol. The van der Waals surface area contributed by atoms with E-state index in [1.165, 1.54) is 19.2 Å². The van der Waals surface area contributed by atoms with Crippen LogP contribution in [0.15, 0.2) is 12.1 Å². The zero-order valence-corrected chi connectivity index (χ0v) is 12.9. The van der Waals surface area contributed by atoms with Crippen LogP contribution in [0.2, 0.25) is 5.02 Å². The first-order valence-electron chi connectivity index (χ1n) is 6.85. The van der Waals surface area contributed by atoms with E-state index in [4.69, 9.17) is 30.9 Å². The minimum atomic E-state index is -1.06. The summed E-state index contributed by atoms with van der Waals surface area (Å²) in [6.07, 6.45) is 3.93. The van der Waals surface area contributed by atoms with Gasteiger partial charge in [0.2, 0.25) is 0 Å². The summed E-state index contributed by atoms with van der Waals surface area (Å²) < 4.78 is 16.5. The van der Waals surface area contributed by atoms with E-state index in [1.54, 1.807) is 7.11 Å². The van der Waals surface area contributed by atoms with Crippen molar-refractivity contribution in [3.05, 3.63) is 22.7 Å². The summed E-state index contributed by atoms with van der Waals surface area (Å²) in [5, 5.41) is 9.28. The van der Waals surface area contributed by atoms with Gasteiger partial charge >= 0.3 is 5.97 Å². The molecule has 0 amide bonds. The monoisotopic (exact) mass is 314 g/mol. The molecule has 6 heteroatoms. The van der Waals surface area contributed by atoms with Crippen LogP contribution in [0.25, 0.3) is 0 Å². The van der Waals surface area contributed by atoms with Crippen molar-refractivity contribution in [1.82, 2.24) is 0 Å². The molecule has 2 atom stereocenters. The Bertz CT molecular complexity index is 517. The predicted molar refractivity (Wildman–Crippen MR) is 78.6 cm³/mol. The summed E-state index contributed by atoms with van der Waals surface area (Å²) in [6, 6.07) is 2.79. The van der Waals surface area contributed by atoms with Gasteiger partial charge in [0.1, 0.15) is 6.10 Å². The number of methoxy groups -OCH3 is 2. The zero-order valence-electron chi connectivity index (χ0n) is 12.1. The van der Waals surface area contributed by atoms with E-state index in [1.807, 2.05) is 0 Å². The quantitative estimate of drug-likeness (QED) is 0.902. The second-order valence-electron chi connectivity index (χ2n) is 5.06. The number of ether oxygens (including phenoxy) is 3. The smallest absolute Gasteiger partial charge is 0.335 e. The molecule has 0 bridgehead atoms. The Morgan fingerprint density at radius 3 is 2.62 bits per heavy atom. The molecule has 21 heavy (non-hydrogen) atoms. The normalized spacial score (nSPS) is 21.9. The lowest BCUT2D eigenvalue weighted by Gasteiger charge is -2.29. The summed E-state index contributed by atoms with van der Waals surface area (Å²) in [6.45, 7) is 0. The van der Waals surface area contributed by atoms with Crippen LogP contribution in [-0.4, -0.2) is 37.5 Å². The Hall–Kier alpha value is -1.46. The molecule has 0 radical (unpaired) electrons. The van der Waals surface area contributed by atoms with Gasteiger partial charge in [-0.3, -0.25) is 0 Å². The van der Waals surface area contributed by atoms with Crippen LogP contribution in [-0.2, 0) is 4.74 Å². The molecule has 1 N–H and O–H groups in total. The third kappa shape index (κ3) is 3.80. The van der Waals surface area contributed by atoms with E-state index in [2.05, 4.69) is 0 Å². The van der Waals surface area contributed by atoms with Gasteiger partial charge in [-0.05, 0) is 31.4 Å². The molecular weight excluding hydrogens is 296 g/mol. The summed E-state index contributed by atoms with van der Waals surface area (Å²) >= 11 is 6.15. The fourth-order valence-electron chi connectivity index (χ4n) is 2.55. The van der Waals surface area contributed by atoms with Crippen LogP contribution in [0.4, 0.5) is 0 Å². The molecule has 2 unspecified atom stereocenters. The van der Waals surface area contributed by atoms with Crippen molar-refractivity contribution in [3.63, 3.8) is 0 Å². The number of hydrogen-bond acceptors (Lipinski definition) is 4.